The summed E-state index contributed by atoms with van der Waals surface area (Å²) < 4.78 is 7.71. The van der Waals surface area contributed by atoms with E-state index in [1.54, 1.807) is 6.20 Å². The minimum Gasteiger partial charge on any atom is -0.378 e. The number of hydrogen-bond donors (Lipinski definition) is 2. The van der Waals surface area contributed by atoms with Gasteiger partial charge >= 0.3 is 6.03 Å². The third kappa shape index (κ3) is 4.97. The van der Waals surface area contributed by atoms with E-state index in [-0.39, 0.29) is 18.1 Å². The third-order valence-corrected chi connectivity index (χ3v) is 5.17. The molecule has 0 radical (unpaired) electrons. The number of nitrogens with one attached hydrogen (secondary N) is 2. The Morgan fingerprint density at radius 2 is 2.08 bits per heavy atom. The number of amides is 2. The second kappa shape index (κ2) is 9.06. The summed E-state index contributed by atoms with van der Waals surface area (Å²) in [6.45, 7) is 1.61. The lowest BCUT2D eigenvalue weighted by Crippen LogP contribution is -2.47. The van der Waals surface area contributed by atoms with Gasteiger partial charge in [-0.25, -0.2) is 4.79 Å². The average molecular weight is 334 g/mol. The molecule has 1 aromatic heterocycles. The molecule has 2 heterocycles. The first-order valence-corrected chi connectivity index (χ1v) is 9.48. The van der Waals surface area contributed by atoms with Crippen LogP contribution in [0.5, 0.6) is 0 Å². The molecule has 0 aromatic carbocycles. The maximum atomic E-state index is 12.2. The van der Waals surface area contributed by atoms with Gasteiger partial charge in [-0.1, -0.05) is 12.8 Å². The SMILES string of the molecule is O=C(NCCC[C@@H]1CCCCO1)N[C@@H]1CCCC[C@H]1n1cccn1. The Kier molecular flexibility index (Phi) is 6.52. The van der Waals surface area contributed by atoms with Crippen LogP contribution < -0.4 is 10.6 Å². The summed E-state index contributed by atoms with van der Waals surface area (Å²) in [6, 6.07) is 2.33. The summed E-state index contributed by atoms with van der Waals surface area (Å²) in [6.07, 6.45) is 14.3. The minimum absolute atomic E-state index is 0.0522. The predicted octanol–water partition coefficient (Wildman–Crippen LogP) is 3.02. The van der Waals surface area contributed by atoms with Crippen LogP contribution in [0, 0.1) is 0 Å². The molecule has 2 amide bonds. The molecule has 0 bridgehead atoms. The number of urea groups is 1. The van der Waals surface area contributed by atoms with Crippen LogP contribution in [0.25, 0.3) is 0 Å². The van der Waals surface area contributed by atoms with Gasteiger partial charge in [0.05, 0.1) is 18.2 Å². The molecule has 1 saturated carbocycles. The fourth-order valence-corrected chi connectivity index (χ4v) is 3.86. The highest BCUT2D eigenvalue weighted by atomic mass is 16.5. The molecular weight excluding hydrogens is 304 g/mol. The Bertz CT molecular complexity index is 485. The Morgan fingerprint density at radius 3 is 2.88 bits per heavy atom. The number of hydrogen-bond acceptors (Lipinski definition) is 3. The molecule has 6 heteroatoms. The Morgan fingerprint density at radius 1 is 1.21 bits per heavy atom. The molecule has 2 N–H and O–H groups in total. The minimum atomic E-state index is -0.0522. The molecule has 3 rings (SSSR count). The molecule has 1 aliphatic heterocycles. The average Bonchev–Trinajstić information content (AvgIpc) is 3.15. The lowest BCUT2D eigenvalue weighted by molar-refractivity contribution is 0.0103. The van der Waals surface area contributed by atoms with E-state index in [9.17, 15) is 4.79 Å². The maximum Gasteiger partial charge on any atom is 0.315 e. The van der Waals surface area contributed by atoms with Gasteiger partial charge in [-0.15, -0.1) is 0 Å². The van der Waals surface area contributed by atoms with Gasteiger partial charge in [0.2, 0.25) is 0 Å². The van der Waals surface area contributed by atoms with E-state index in [0.717, 1.165) is 32.3 Å². The first-order valence-electron chi connectivity index (χ1n) is 9.48. The van der Waals surface area contributed by atoms with Gasteiger partial charge in [0, 0.05) is 25.5 Å². The first kappa shape index (κ1) is 17.3. The number of ether oxygens (including phenoxy) is 1. The summed E-state index contributed by atoms with van der Waals surface area (Å²) in [7, 11) is 0. The van der Waals surface area contributed by atoms with E-state index in [2.05, 4.69) is 15.7 Å². The van der Waals surface area contributed by atoms with Crippen molar-refractivity contribution in [3.05, 3.63) is 18.5 Å². The van der Waals surface area contributed by atoms with E-state index in [0.29, 0.717) is 12.6 Å². The molecule has 2 fully saturated rings. The van der Waals surface area contributed by atoms with Crippen LogP contribution in [0.2, 0.25) is 0 Å². The van der Waals surface area contributed by atoms with Crippen molar-refractivity contribution in [2.45, 2.75) is 76.0 Å². The monoisotopic (exact) mass is 334 g/mol. The largest absolute Gasteiger partial charge is 0.378 e. The van der Waals surface area contributed by atoms with E-state index >= 15 is 0 Å². The van der Waals surface area contributed by atoms with E-state index in [1.807, 2.05) is 16.9 Å². The topological polar surface area (TPSA) is 68.2 Å². The molecule has 2 aliphatic rings. The second-order valence-electron chi connectivity index (χ2n) is 6.98. The number of nitrogens with zero attached hydrogens (tertiary/aromatic N) is 2. The van der Waals surface area contributed by atoms with Gasteiger partial charge in [0.1, 0.15) is 0 Å². The molecule has 6 nitrogen and oxygen atoms in total. The maximum absolute atomic E-state index is 12.2. The quantitative estimate of drug-likeness (QED) is 0.786. The van der Waals surface area contributed by atoms with Crippen molar-refractivity contribution in [3.8, 4) is 0 Å². The van der Waals surface area contributed by atoms with E-state index in [1.165, 1.54) is 32.1 Å². The zero-order chi connectivity index (χ0) is 16.6. The summed E-state index contributed by atoms with van der Waals surface area (Å²) in [5.41, 5.74) is 0. The number of rotatable bonds is 6. The lowest BCUT2D eigenvalue weighted by Gasteiger charge is -2.32. The van der Waals surface area contributed by atoms with Crippen molar-refractivity contribution in [1.82, 2.24) is 20.4 Å². The molecule has 0 unspecified atom stereocenters. The molecule has 1 saturated heterocycles. The smallest absolute Gasteiger partial charge is 0.315 e. The summed E-state index contributed by atoms with van der Waals surface area (Å²) in [4.78, 5) is 12.2. The van der Waals surface area contributed by atoms with Crippen LogP contribution in [-0.4, -0.2) is 41.1 Å². The van der Waals surface area contributed by atoms with Crippen LogP contribution in [0.3, 0.4) is 0 Å². The van der Waals surface area contributed by atoms with Crippen LogP contribution in [0.1, 0.15) is 63.8 Å². The number of carbonyl (C=O) groups excluding carboxylic acids is 1. The first-order chi connectivity index (χ1) is 11.8. The van der Waals surface area contributed by atoms with Crippen molar-refractivity contribution in [3.63, 3.8) is 0 Å². The standard InChI is InChI=1S/C18H30N4O2/c23-18(19-11-5-8-15-7-3-4-14-24-15)21-16-9-1-2-10-17(16)22-13-6-12-20-22/h6,12-13,15-17H,1-5,7-11,14H2,(H2,19,21,23)/t15-,16+,17+/m0/s1. The van der Waals surface area contributed by atoms with E-state index < -0.39 is 0 Å². The summed E-state index contributed by atoms with van der Waals surface area (Å²) in [5.74, 6) is 0. The van der Waals surface area contributed by atoms with Gasteiger partial charge in [-0.3, -0.25) is 4.68 Å². The molecular formula is C18H30N4O2. The van der Waals surface area contributed by atoms with Gasteiger partial charge in [-0.05, 0) is 51.0 Å². The van der Waals surface area contributed by atoms with Crippen molar-refractivity contribution < 1.29 is 9.53 Å². The van der Waals surface area contributed by atoms with Crippen LogP contribution in [-0.2, 0) is 4.74 Å². The Balaban J connectivity index is 1.37. The van der Waals surface area contributed by atoms with Gasteiger partial charge in [-0.2, -0.15) is 5.10 Å². The lowest BCUT2D eigenvalue weighted by atomic mass is 9.90. The number of aromatic nitrogens is 2. The van der Waals surface area contributed by atoms with Crippen LogP contribution in [0.15, 0.2) is 18.5 Å². The predicted molar refractivity (Wildman–Crippen MR) is 92.9 cm³/mol. The van der Waals surface area contributed by atoms with Crippen molar-refractivity contribution in [1.29, 1.82) is 0 Å². The molecule has 1 aliphatic carbocycles. The highest BCUT2D eigenvalue weighted by Gasteiger charge is 2.28. The third-order valence-electron chi connectivity index (χ3n) is 5.17. The molecule has 0 spiro atoms. The van der Waals surface area contributed by atoms with Gasteiger partial charge in [0.15, 0.2) is 0 Å². The van der Waals surface area contributed by atoms with Gasteiger partial charge < -0.3 is 15.4 Å². The highest BCUT2D eigenvalue weighted by molar-refractivity contribution is 5.74. The Labute approximate surface area is 144 Å². The molecule has 24 heavy (non-hydrogen) atoms. The molecule has 3 atom stereocenters. The zero-order valence-electron chi connectivity index (χ0n) is 14.5. The van der Waals surface area contributed by atoms with Crippen molar-refractivity contribution >= 4 is 6.03 Å². The molecule has 1 aromatic rings. The van der Waals surface area contributed by atoms with Crippen LogP contribution >= 0.6 is 0 Å². The molecule has 134 valence electrons. The van der Waals surface area contributed by atoms with E-state index in [4.69, 9.17) is 4.74 Å². The fraction of sp³-hybridized carbons (Fsp3) is 0.778. The fourth-order valence-electron chi connectivity index (χ4n) is 3.86. The zero-order valence-corrected chi connectivity index (χ0v) is 14.5. The van der Waals surface area contributed by atoms with Crippen molar-refractivity contribution in [2.75, 3.05) is 13.2 Å². The second-order valence-corrected chi connectivity index (χ2v) is 6.98. The number of carbonyl (C=O) groups is 1. The van der Waals surface area contributed by atoms with Gasteiger partial charge in [0.25, 0.3) is 0 Å². The Hall–Kier alpha value is -1.56. The summed E-state index contributed by atoms with van der Waals surface area (Å²) in [5, 5.41) is 10.5. The van der Waals surface area contributed by atoms with Crippen molar-refractivity contribution in [2.24, 2.45) is 0 Å². The van der Waals surface area contributed by atoms with Crippen LogP contribution in [0.4, 0.5) is 4.79 Å². The summed E-state index contributed by atoms with van der Waals surface area (Å²) >= 11 is 0. The normalized spacial score (nSPS) is 27.6. The highest BCUT2D eigenvalue weighted by Crippen LogP contribution is 2.28.